The lowest BCUT2D eigenvalue weighted by atomic mass is 9.82. The molecular weight excluding hydrogens is 472 g/mol. The van der Waals surface area contributed by atoms with Crippen molar-refractivity contribution in [2.45, 2.75) is 58.0 Å². The molecule has 0 aliphatic rings. The van der Waals surface area contributed by atoms with E-state index in [1.165, 1.54) is 0 Å². The summed E-state index contributed by atoms with van der Waals surface area (Å²) in [7, 11) is 0.285. The van der Waals surface area contributed by atoms with Crippen LogP contribution >= 0.6 is 0 Å². The van der Waals surface area contributed by atoms with Gasteiger partial charge in [0, 0.05) is 19.6 Å². The number of benzene rings is 2. The van der Waals surface area contributed by atoms with E-state index in [-0.39, 0.29) is 25.2 Å². The van der Waals surface area contributed by atoms with Crippen molar-refractivity contribution in [3.8, 4) is 0 Å². The van der Waals surface area contributed by atoms with Gasteiger partial charge in [0.05, 0.1) is 12.7 Å². The zero-order valence-corrected chi connectivity index (χ0v) is 23.9. The largest absolute Gasteiger partial charge is 0.405 e. The van der Waals surface area contributed by atoms with Crippen LogP contribution in [0.1, 0.15) is 34.6 Å². The lowest BCUT2D eigenvalue weighted by Crippen LogP contribution is -2.67. The van der Waals surface area contributed by atoms with Gasteiger partial charge in [0.15, 0.2) is 0 Å². The van der Waals surface area contributed by atoms with Gasteiger partial charge in [-0.2, -0.15) is 0 Å². The Hall–Kier alpha value is -1.84. The second-order valence-electron chi connectivity index (χ2n) is 10.6. The summed E-state index contributed by atoms with van der Waals surface area (Å²) >= 11 is 0. The predicted molar refractivity (Wildman–Crippen MR) is 147 cm³/mol. The number of methoxy groups -OCH3 is 2. The highest BCUT2D eigenvalue weighted by Crippen LogP contribution is 2.37. The summed E-state index contributed by atoms with van der Waals surface area (Å²) in [6.07, 6.45) is -0.575. The highest BCUT2D eigenvalue weighted by atomic mass is 28.4. The Bertz CT molecular complexity index is 857. The molecule has 0 saturated heterocycles. The maximum Gasteiger partial charge on any atom is 0.261 e. The molecule has 0 aliphatic heterocycles. The Morgan fingerprint density at radius 1 is 0.833 bits per heavy atom. The van der Waals surface area contributed by atoms with E-state index < -0.39 is 32.0 Å². The molecule has 2 aromatic rings. The van der Waals surface area contributed by atoms with Crippen LogP contribution in [0.5, 0.6) is 0 Å². The molecule has 0 spiro atoms. The first-order chi connectivity index (χ1) is 17.0. The normalized spacial score (nSPS) is 15.3. The molecule has 0 fully saturated rings. The van der Waals surface area contributed by atoms with Gasteiger partial charge in [-0.15, -0.1) is 6.58 Å². The van der Waals surface area contributed by atoms with E-state index in [0.29, 0.717) is 0 Å². The van der Waals surface area contributed by atoms with Crippen molar-refractivity contribution in [3.05, 3.63) is 73.3 Å². The molecule has 0 unspecified atom stereocenters. The fourth-order valence-corrected chi connectivity index (χ4v) is 9.02. The summed E-state index contributed by atoms with van der Waals surface area (Å²) in [4.78, 5) is 0. The monoisotopic (exact) mass is 516 g/mol. The van der Waals surface area contributed by atoms with Crippen LogP contribution in [0.3, 0.4) is 0 Å². The summed E-state index contributed by atoms with van der Waals surface area (Å²) in [5.41, 5.74) is -0.634. The van der Waals surface area contributed by atoms with Crippen LogP contribution in [-0.2, 0) is 23.4 Å². The van der Waals surface area contributed by atoms with Gasteiger partial charge < -0.3 is 28.5 Å². The van der Waals surface area contributed by atoms with Crippen molar-refractivity contribution in [1.82, 2.24) is 0 Å². The molecule has 7 heteroatoms. The molecule has 2 rings (SSSR count). The van der Waals surface area contributed by atoms with Crippen LogP contribution < -0.4 is 10.4 Å². The van der Waals surface area contributed by atoms with Crippen LogP contribution in [0.2, 0.25) is 5.04 Å². The van der Waals surface area contributed by atoms with Gasteiger partial charge in [0.1, 0.15) is 25.8 Å². The van der Waals surface area contributed by atoms with Crippen molar-refractivity contribution in [2.75, 3.05) is 34.4 Å². The third-order valence-corrected chi connectivity index (χ3v) is 11.6. The van der Waals surface area contributed by atoms with Crippen LogP contribution in [0.15, 0.2) is 73.3 Å². The van der Waals surface area contributed by atoms with Gasteiger partial charge in [-0.1, -0.05) is 101 Å². The summed E-state index contributed by atoms with van der Waals surface area (Å²) in [5.74, 6) is 0. The Kier molecular flexibility index (Phi) is 11.5. The van der Waals surface area contributed by atoms with Gasteiger partial charge in [-0.3, -0.25) is 0 Å². The molecule has 3 atom stereocenters. The van der Waals surface area contributed by atoms with E-state index >= 15 is 0 Å². The lowest BCUT2D eigenvalue weighted by Gasteiger charge is -2.44. The fraction of sp³-hybridized carbons (Fsp3) is 0.517. The predicted octanol–water partition coefficient (Wildman–Crippen LogP) is 4.11. The summed E-state index contributed by atoms with van der Waals surface area (Å²) in [5, 5.41) is 13.5. The molecule has 0 heterocycles. The van der Waals surface area contributed by atoms with Crippen molar-refractivity contribution in [1.29, 1.82) is 0 Å². The first kappa shape index (κ1) is 30.4. The van der Waals surface area contributed by atoms with Gasteiger partial charge >= 0.3 is 0 Å². The summed E-state index contributed by atoms with van der Waals surface area (Å²) in [6.45, 7) is 14.6. The highest BCUT2D eigenvalue weighted by molar-refractivity contribution is 6.99. The van der Waals surface area contributed by atoms with Crippen LogP contribution in [0.25, 0.3) is 0 Å². The second-order valence-corrected chi connectivity index (χ2v) is 14.9. The average Bonchev–Trinajstić information content (AvgIpc) is 2.87. The SMILES string of the molecule is C=CC(C)(C)[C@H](O)[C@@H](OCOC)[C@@H](CO[Si](c1ccccc1)(c1ccccc1)C(C)(C)C)OCOC. The first-order valence-corrected chi connectivity index (χ1v) is 14.2. The zero-order valence-electron chi connectivity index (χ0n) is 22.9. The number of rotatable bonds is 15. The fourth-order valence-electron chi connectivity index (χ4n) is 4.45. The van der Waals surface area contributed by atoms with E-state index in [4.69, 9.17) is 23.4 Å². The van der Waals surface area contributed by atoms with Crippen LogP contribution in [-0.4, -0.2) is 66.1 Å². The Labute approximate surface area is 218 Å². The molecule has 1 N–H and O–H groups in total. The molecule has 0 saturated carbocycles. The molecule has 6 nitrogen and oxygen atoms in total. The van der Waals surface area contributed by atoms with Crippen LogP contribution in [0.4, 0.5) is 0 Å². The molecule has 0 amide bonds. The van der Waals surface area contributed by atoms with E-state index in [9.17, 15) is 5.11 Å². The van der Waals surface area contributed by atoms with Gasteiger partial charge in [-0.05, 0) is 15.4 Å². The standard InChI is InChI=1S/C29H44O6Si/c1-9-29(5,6)27(30)26(34-22-32-8)25(33-21-31-7)20-35-36(28(2,3)4,23-16-12-10-13-17-23)24-18-14-11-15-19-24/h9-19,25-27,30H,1,20-22H2,2-8H3/t25-,26+,27-/m1/s1. The van der Waals surface area contributed by atoms with E-state index in [0.717, 1.165) is 10.4 Å². The molecular formula is C29H44O6Si. The minimum absolute atomic E-state index is 0.000996. The molecule has 200 valence electrons. The number of aliphatic hydroxyl groups excluding tert-OH is 1. The maximum atomic E-state index is 11.3. The lowest BCUT2D eigenvalue weighted by molar-refractivity contribution is -0.203. The Morgan fingerprint density at radius 3 is 1.72 bits per heavy atom. The topological polar surface area (TPSA) is 66.4 Å². The van der Waals surface area contributed by atoms with Crippen LogP contribution in [0, 0.1) is 5.41 Å². The molecule has 2 aromatic carbocycles. The van der Waals surface area contributed by atoms with Gasteiger partial charge in [-0.25, -0.2) is 0 Å². The molecule has 0 aromatic heterocycles. The van der Waals surface area contributed by atoms with E-state index in [1.54, 1.807) is 20.3 Å². The summed E-state index contributed by atoms with van der Waals surface area (Å²) in [6, 6.07) is 20.8. The summed E-state index contributed by atoms with van der Waals surface area (Å²) < 4.78 is 29.6. The third-order valence-electron chi connectivity index (χ3n) is 6.63. The minimum Gasteiger partial charge on any atom is -0.405 e. The van der Waals surface area contributed by atoms with Gasteiger partial charge in [0.2, 0.25) is 0 Å². The number of hydrogen-bond acceptors (Lipinski definition) is 6. The maximum absolute atomic E-state index is 11.3. The Morgan fingerprint density at radius 2 is 1.31 bits per heavy atom. The number of ether oxygens (including phenoxy) is 4. The van der Waals surface area contributed by atoms with Crippen molar-refractivity contribution < 1.29 is 28.5 Å². The van der Waals surface area contributed by atoms with E-state index in [2.05, 4.69) is 75.9 Å². The smallest absolute Gasteiger partial charge is 0.261 e. The van der Waals surface area contributed by atoms with Gasteiger partial charge in [0.25, 0.3) is 8.32 Å². The second kappa shape index (κ2) is 13.6. The highest BCUT2D eigenvalue weighted by Gasteiger charge is 2.51. The minimum atomic E-state index is -2.83. The average molecular weight is 517 g/mol. The zero-order chi connectivity index (χ0) is 26.8. The molecule has 0 bridgehead atoms. The van der Waals surface area contributed by atoms with E-state index in [1.807, 2.05) is 26.0 Å². The molecule has 0 aliphatic carbocycles. The quantitative estimate of drug-likeness (QED) is 0.218. The van der Waals surface area contributed by atoms with Crippen molar-refractivity contribution >= 4 is 18.7 Å². The number of aliphatic hydroxyl groups is 1. The van der Waals surface area contributed by atoms with Crippen molar-refractivity contribution in [2.24, 2.45) is 5.41 Å². The number of hydrogen-bond donors (Lipinski definition) is 1. The third kappa shape index (κ3) is 7.13. The molecule has 36 heavy (non-hydrogen) atoms. The molecule has 0 radical (unpaired) electrons. The first-order valence-electron chi connectivity index (χ1n) is 12.3. The van der Waals surface area contributed by atoms with Crippen molar-refractivity contribution in [3.63, 3.8) is 0 Å². The Balaban J connectivity index is 2.57.